The minimum Gasteiger partial charge on any atom is -0.271 e. The Hall–Kier alpha value is -1.19. The standard InChI is InChI=1S/C10H15N3/c1-2-3-4-10(13-11)9-5-7-12-8-6-9/h2,5-8,10,13H,1,3-4,11H2. The van der Waals surface area contributed by atoms with Crippen LogP contribution in [0.15, 0.2) is 37.2 Å². The highest BCUT2D eigenvalue weighted by Crippen LogP contribution is 2.16. The van der Waals surface area contributed by atoms with E-state index in [1.165, 1.54) is 5.56 Å². The second kappa shape index (κ2) is 5.45. The van der Waals surface area contributed by atoms with Gasteiger partial charge in [0, 0.05) is 18.4 Å². The average molecular weight is 177 g/mol. The normalized spacial score (nSPS) is 12.4. The molecule has 3 N–H and O–H groups in total. The molecule has 0 aliphatic heterocycles. The van der Waals surface area contributed by atoms with Crippen LogP contribution in [0.3, 0.4) is 0 Å². The summed E-state index contributed by atoms with van der Waals surface area (Å²) in [6.07, 6.45) is 7.36. The van der Waals surface area contributed by atoms with Crippen LogP contribution in [0.1, 0.15) is 24.4 Å². The predicted octanol–water partition coefficient (Wildman–Crippen LogP) is 1.55. The molecule has 1 aromatic rings. The van der Waals surface area contributed by atoms with Gasteiger partial charge in [-0.3, -0.25) is 16.3 Å². The third-order valence-corrected chi connectivity index (χ3v) is 1.97. The zero-order chi connectivity index (χ0) is 9.52. The largest absolute Gasteiger partial charge is 0.271 e. The van der Waals surface area contributed by atoms with Crippen molar-refractivity contribution in [2.75, 3.05) is 0 Å². The molecular weight excluding hydrogens is 162 g/mol. The maximum atomic E-state index is 5.44. The Morgan fingerprint density at radius 1 is 1.54 bits per heavy atom. The molecule has 3 heteroatoms. The Kier molecular flexibility index (Phi) is 4.15. The number of nitrogens with zero attached hydrogens (tertiary/aromatic N) is 1. The van der Waals surface area contributed by atoms with E-state index in [-0.39, 0.29) is 6.04 Å². The Morgan fingerprint density at radius 2 is 2.23 bits per heavy atom. The smallest absolute Gasteiger partial charge is 0.0464 e. The first-order valence-electron chi connectivity index (χ1n) is 4.35. The van der Waals surface area contributed by atoms with Crippen molar-refractivity contribution in [2.45, 2.75) is 18.9 Å². The van der Waals surface area contributed by atoms with Gasteiger partial charge in [-0.25, -0.2) is 0 Å². The summed E-state index contributed by atoms with van der Waals surface area (Å²) in [7, 11) is 0. The summed E-state index contributed by atoms with van der Waals surface area (Å²) in [5.41, 5.74) is 3.94. The number of hydrogen-bond donors (Lipinski definition) is 2. The van der Waals surface area contributed by atoms with E-state index < -0.39 is 0 Å². The van der Waals surface area contributed by atoms with Gasteiger partial charge in [-0.1, -0.05) is 6.08 Å². The zero-order valence-electron chi connectivity index (χ0n) is 7.61. The first-order chi connectivity index (χ1) is 6.38. The number of rotatable bonds is 5. The van der Waals surface area contributed by atoms with Crippen LogP contribution in [0.5, 0.6) is 0 Å². The lowest BCUT2D eigenvalue weighted by Crippen LogP contribution is -2.27. The Morgan fingerprint density at radius 3 is 2.77 bits per heavy atom. The molecule has 0 amide bonds. The van der Waals surface area contributed by atoms with Crippen LogP contribution < -0.4 is 11.3 Å². The highest BCUT2D eigenvalue weighted by molar-refractivity contribution is 5.14. The van der Waals surface area contributed by atoms with Gasteiger partial charge < -0.3 is 0 Å². The molecule has 0 saturated heterocycles. The highest BCUT2D eigenvalue weighted by atomic mass is 15.2. The summed E-state index contributed by atoms with van der Waals surface area (Å²) in [6, 6.07) is 4.13. The molecule has 0 fully saturated rings. The lowest BCUT2D eigenvalue weighted by Gasteiger charge is -2.14. The fraction of sp³-hybridized carbons (Fsp3) is 0.300. The van der Waals surface area contributed by atoms with Crippen molar-refractivity contribution in [1.29, 1.82) is 0 Å². The molecule has 0 spiro atoms. The van der Waals surface area contributed by atoms with E-state index in [9.17, 15) is 0 Å². The maximum absolute atomic E-state index is 5.44. The number of hydrogen-bond acceptors (Lipinski definition) is 3. The van der Waals surface area contributed by atoms with Crippen LogP contribution in [0.2, 0.25) is 0 Å². The third-order valence-electron chi connectivity index (χ3n) is 1.97. The van der Waals surface area contributed by atoms with Crippen molar-refractivity contribution in [3.05, 3.63) is 42.7 Å². The van der Waals surface area contributed by atoms with Gasteiger partial charge in [0.25, 0.3) is 0 Å². The molecule has 1 rings (SSSR count). The van der Waals surface area contributed by atoms with Crippen molar-refractivity contribution in [3.63, 3.8) is 0 Å². The van der Waals surface area contributed by atoms with Gasteiger partial charge in [0.05, 0.1) is 0 Å². The summed E-state index contributed by atoms with van der Waals surface area (Å²) >= 11 is 0. The molecule has 1 atom stereocenters. The van der Waals surface area contributed by atoms with Gasteiger partial charge in [0.2, 0.25) is 0 Å². The van der Waals surface area contributed by atoms with Crippen LogP contribution in [0.4, 0.5) is 0 Å². The molecule has 0 aromatic carbocycles. The topological polar surface area (TPSA) is 50.9 Å². The van der Waals surface area contributed by atoms with Gasteiger partial charge >= 0.3 is 0 Å². The molecule has 13 heavy (non-hydrogen) atoms. The lowest BCUT2D eigenvalue weighted by molar-refractivity contribution is 0.520. The number of nitrogens with one attached hydrogen (secondary N) is 1. The molecule has 0 bridgehead atoms. The molecule has 0 aliphatic carbocycles. The number of allylic oxidation sites excluding steroid dienone is 1. The van der Waals surface area contributed by atoms with Gasteiger partial charge in [-0.05, 0) is 30.5 Å². The minimum atomic E-state index is 0.195. The summed E-state index contributed by atoms with van der Waals surface area (Å²) in [5.74, 6) is 5.44. The van der Waals surface area contributed by atoms with Crippen molar-refractivity contribution in [1.82, 2.24) is 10.4 Å². The van der Waals surface area contributed by atoms with Crippen molar-refractivity contribution >= 4 is 0 Å². The average Bonchev–Trinajstić information content (AvgIpc) is 2.21. The summed E-state index contributed by atoms with van der Waals surface area (Å²) in [4.78, 5) is 3.95. The van der Waals surface area contributed by atoms with Crippen LogP contribution in [0.25, 0.3) is 0 Å². The van der Waals surface area contributed by atoms with E-state index in [1.54, 1.807) is 12.4 Å². The van der Waals surface area contributed by atoms with Crippen molar-refractivity contribution in [3.8, 4) is 0 Å². The highest BCUT2D eigenvalue weighted by Gasteiger charge is 2.06. The summed E-state index contributed by atoms with van der Waals surface area (Å²) in [5, 5.41) is 0. The first-order valence-corrected chi connectivity index (χ1v) is 4.35. The van der Waals surface area contributed by atoms with E-state index in [0.29, 0.717) is 0 Å². The molecule has 1 unspecified atom stereocenters. The van der Waals surface area contributed by atoms with Crippen molar-refractivity contribution in [2.24, 2.45) is 5.84 Å². The van der Waals surface area contributed by atoms with E-state index in [0.717, 1.165) is 12.8 Å². The summed E-state index contributed by atoms with van der Waals surface area (Å²) < 4.78 is 0. The number of nitrogens with two attached hydrogens (primary N) is 1. The van der Waals surface area contributed by atoms with Crippen LogP contribution >= 0.6 is 0 Å². The second-order valence-electron chi connectivity index (χ2n) is 2.87. The van der Waals surface area contributed by atoms with Crippen molar-refractivity contribution < 1.29 is 0 Å². The predicted molar refractivity (Wildman–Crippen MR) is 53.7 cm³/mol. The Labute approximate surface area is 78.6 Å². The minimum absolute atomic E-state index is 0.195. The Bertz CT molecular complexity index is 246. The first kappa shape index (κ1) is 9.89. The van der Waals surface area contributed by atoms with E-state index in [2.05, 4.69) is 17.0 Å². The molecule has 1 aromatic heterocycles. The number of hydrazine groups is 1. The second-order valence-corrected chi connectivity index (χ2v) is 2.87. The fourth-order valence-electron chi connectivity index (χ4n) is 1.23. The van der Waals surface area contributed by atoms with Crippen LogP contribution in [0, 0.1) is 0 Å². The molecule has 1 heterocycles. The van der Waals surface area contributed by atoms with Crippen LogP contribution in [-0.4, -0.2) is 4.98 Å². The lowest BCUT2D eigenvalue weighted by atomic mass is 10.0. The molecule has 3 nitrogen and oxygen atoms in total. The van der Waals surface area contributed by atoms with Gasteiger partial charge in [-0.15, -0.1) is 6.58 Å². The quantitative estimate of drug-likeness (QED) is 0.407. The third kappa shape index (κ3) is 2.97. The number of pyridine rings is 1. The fourth-order valence-corrected chi connectivity index (χ4v) is 1.23. The van der Waals surface area contributed by atoms with Crippen LogP contribution in [-0.2, 0) is 0 Å². The van der Waals surface area contributed by atoms with Gasteiger partial charge in [0.15, 0.2) is 0 Å². The van der Waals surface area contributed by atoms with E-state index in [1.807, 2.05) is 18.2 Å². The molecule has 70 valence electrons. The molecule has 0 aliphatic rings. The molecule has 0 saturated carbocycles. The molecule has 0 radical (unpaired) electrons. The summed E-state index contributed by atoms with van der Waals surface area (Å²) in [6.45, 7) is 3.68. The van der Waals surface area contributed by atoms with Gasteiger partial charge in [0.1, 0.15) is 0 Å². The van der Waals surface area contributed by atoms with E-state index >= 15 is 0 Å². The maximum Gasteiger partial charge on any atom is 0.0464 e. The molecular formula is C10H15N3. The van der Waals surface area contributed by atoms with Gasteiger partial charge in [-0.2, -0.15) is 0 Å². The zero-order valence-corrected chi connectivity index (χ0v) is 7.61. The number of aromatic nitrogens is 1. The SMILES string of the molecule is C=CCCC(NN)c1ccncc1. The van der Waals surface area contributed by atoms with E-state index in [4.69, 9.17) is 5.84 Å². The Balaban J connectivity index is 2.61. The monoisotopic (exact) mass is 177 g/mol.